The fourth-order valence-corrected chi connectivity index (χ4v) is 3.29. The highest BCUT2D eigenvalue weighted by atomic mass is 16.6. The van der Waals surface area contributed by atoms with E-state index < -0.39 is 18.2 Å². The summed E-state index contributed by atoms with van der Waals surface area (Å²) in [5.74, 6) is 0.775. The Bertz CT molecular complexity index is 883. The molecule has 7 nitrogen and oxygen atoms in total. The molecule has 1 unspecified atom stereocenters. The minimum Gasteiger partial charge on any atom is -0.493 e. The van der Waals surface area contributed by atoms with Crippen molar-refractivity contribution in [1.82, 2.24) is 10.6 Å². The zero-order chi connectivity index (χ0) is 23.7. The average molecular weight is 443 g/mol. The van der Waals surface area contributed by atoms with Crippen LogP contribution in [0.25, 0.3) is 0 Å². The molecule has 0 aromatic heterocycles. The van der Waals surface area contributed by atoms with Gasteiger partial charge in [0.15, 0.2) is 11.5 Å². The number of alkyl carbamates (subject to hydrolysis) is 1. The predicted octanol–water partition coefficient (Wildman–Crippen LogP) is 4.46. The maximum atomic E-state index is 13.2. The minimum absolute atomic E-state index is 0.138. The van der Waals surface area contributed by atoms with Gasteiger partial charge in [-0.05, 0) is 49.9 Å². The van der Waals surface area contributed by atoms with Gasteiger partial charge >= 0.3 is 6.09 Å². The molecule has 0 heterocycles. The van der Waals surface area contributed by atoms with E-state index >= 15 is 0 Å². The van der Waals surface area contributed by atoms with Crippen LogP contribution in [0, 0.1) is 5.92 Å². The second-order valence-electron chi connectivity index (χ2n) is 8.02. The lowest BCUT2D eigenvalue weighted by molar-refractivity contribution is -0.124. The Kier molecular flexibility index (Phi) is 9.38. The van der Waals surface area contributed by atoms with E-state index in [2.05, 4.69) is 10.6 Å². The fraction of sp³-hybridized carbons (Fsp3) is 0.440. The molecular formula is C25H34N2O5. The Morgan fingerprint density at radius 1 is 0.906 bits per heavy atom. The van der Waals surface area contributed by atoms with Crippen LogP contribution in [0.5, 0.6) is 11.5 Å². The Labute approximate surface area is 190 Å². The van der Waals surface area contributed by atoms with E-state index in [0.29, 0.717) is 18.1 Å². The zero-order valence-electron chi connectivity index (χ0n) is 19.7. The lowest BCUT2D eigenvalue weighted by Gasteiger charge is -2.26. The van der Waals surface area contributed by atoms with Crippen molar-refractivity contribution in [2.24, 2.45) is 5.92 Å². The lowest BCUT2D eigenvalue weighted by Crippen LogP contribution is -2.51. The third kappa shape index (κ3) is 6.90. The Morgan fingerprint density at radius 3 is 2.16 bits per heavy atom. The third-order valence-corrected chi connectivity index (χ3v) is 4.81. The second-order valence-corrected chi connectivity index (χ2v) is 8.02. The molecule has 0 aliphatic heterocycles. The number of benzene rings is 2. The van der Waals surface area contributed by atoms with Gasteiger partial charge in [-0.3, -0.25) is 4.79 Å². The summed E-state index contributed by atoms with van der Waals surface area (Å²) in [6.45, 7) is 9.69. The van der Waals surface area contributed by atoms with Crippen LogP contribution in [0.15, 0.2) is 48.5 Å². The van der Waals surface area contributed by atoms with Crippen LogP contribution in [0.2, 0.25) is 0 Å². The first kappa shape index (κ1) is 25.0. The number of amides is 2. The van der Waals surface area contributed by atoms with Gasteiger partial charge in [-0.2, -0.15) is 0 Å². The molecule has 0 fully saturated rings. The van der Waals surface area contributed by atoms with Crippen LogP contribution in [0.3, 0.4) is 0 Å². The van der Waals surface area contributed by atoms with Crippen LogP contribution >= 0.6 is 0 Å². The highest BCUT2D eigenvalue weighted by Gasteiger charge is 2.28. The van der Waals surface area contributed by atoms with E-state index in [1.807, 2.05) is 69.3 Å². The summed E-state index contributed by atoms with van der Waals surface area (Å²) < 4.78 is 16.3. The molecule has 2 aromatic rings. The number of carbonyl (C=O) groups is 2. The molecule has 2 amide bonds. The lowest BCUT2D eigenvalue weighted by atomic mass is 9.96. The molecule has 2 N–H and O–H groups in total. The summed E-state index contributed by atoms with van der Waals surface area (Å²) in [7, 11) is 1.58. The van der Waals surface area contributed by atoms with Crippen LogP contribution in [-0.4, -0.2) is 37.9 Å². The molecule has 0 saturated carbocycles. The second kappa shape index (κ2) is 12.0. The van der Waals surface area contributed by atoms with Crippen LogP contribution in [0.4, 0.5) is 4.79 Å². The van der Waals surface area contributed by atoms with Crippen molar-refractivity contribution in [2.45, 2.75) is 52.8 Å². The van der Waals surface area contributed by atoms with E-state index in [-0.39, 0.29) is 17.9 Å². The third-order valence-electron chi connectivity index (χ3n) is 4.81. The number of rotatable bonds is 10. The number of hydrogen-bond donors (Lipinski definition) is 2. The van der Waals surface area contributed by atoms with Crippen LogP contribution in [-0.2, 0) is 9.53 Å². The van der Waals surface area contributed by atoms with E-state index in [0.717, 1.165) is 11.1 Å². The first-order valence-electron chi connectivity index (χ1n) is 10.9. The van der Waals surface area contributed by atoms with E-state index in [4.69, 9.17) is 14.2 Å². The summed E-state index contributed by atoms with van der Waals surface area (Å²) >= 11 is 0. The summed E-state index contributed by atoms with van der Waals surface area (Å²) in [4.78, 5) is 25.4. The number of ether oxygens (including phenoxy) is 3. The van der Waals surface area contributed by atoms with Gasteiger partial charge < -0.3 is 24.8 Å². The van der Waals surface area contributed by atoms with Crippen molar-refractivity contribution in [2.75, 3.05) is 13.7 Å². The molecule has 7 heteroatoms. The topological polar surface area (TPSA) is 85.9 Å². The molecule has 2 aromatic carbocycles. The van der Waals surface area contributed by atoms with Gasteiger partial charge in [-0.25, -0.2) is 4.79 Å². The first-order chi connectivity index (χ1) is 15.3. The highest BCUT2D eigenvalue weighted by molar-refractivity contribution is 5.86. The van der Waals surface area contributed by atoms with Gasteiger partial charge in [0.05, 0.1) is 25.9 Å². The maximum Gasteiger partial charge on any atom is 0.408 e. The summed E-state index contributed by atoms with van der Waals surface area (Å²) in [6, 6.07) is 14.0. The smallest absolute Gasteiger partial charge is 0.408 e. The van der Waals surface area contributed by atoms with Crippen LogP contribution < -0.4 is 20.1 Å². The van der Waals surface area contributed by atoms with Gasteiger partial charge in [0.25, 0.3) is 0 Å². The van der Waals surface area contributed by atoms with Gasteiger partial charge in [0, 0.05) is 0 Å². The van der Waals surface area contributed by atoms with E-state index in [9.17, 15) is 9.59 Å². The zero-order valence-corrected chi connectivity index (χ0v) is 19.7. The normalized spacial score (nSPS) is 12.8. The minimum atomic E-state index is -0.753. The summed E-state index contributed by atoms with van der Waals surface area (Å²) in [5.41, 5.74) is 1.73. The Balaban J connectivity index is 2.35. The van der Waals surface area contributed by atoms with E-state index in [1.54, 1.807) is 21.0 Å². The molecule has 0 bridgehead atoms. The predicted molar refractivity (Wildman–Crippen MR) is 124 cm³/mol. The van der Waals surface area contributed by atoms with Crippen molar-refractivity contribution >= 4 is 12.0 Å². The highest BCUT2D eigenvalue weighted by Crippen LogP contribution is 2.32. The van der Waals surface area contributed by atoms with E-state index in [1.165, 1.54) is 0 Å². The molecule has 2 atom stereocenters. The van der Waals surface area contributed by atoms with Crippen molar-refractivity contribution in [3.05, 3.63) is 59.7 Å². The molecule has 32 heavy (non-hydrogen) atoms. The Morgan fingerprint density at radius 2 is 1.59 bits per heavy atom. The number of carbonyl (C=O) groups excluding carboxylic acids is 2. The fourth-order valence-electron chi connectivity index (χ4n) is 3.29. The standard InChI is InChI=1S/C25H34N2O5/c1-7-31-20-14-13-19(15-21(20)30-6)23(18-11-9-8-10-12-18)26-24(28)22(16(2)3)27-25(29)32-17(4)5/h8-17,22-23H,7H2,1-6H3,(H,26,28)(H,27,29)/t22-,23?/m0/s1. The molecular weight excluding hydrogens is 408 g/mol. The largest absolute Gasteiger partial charge is 0.493 e. The number of hydrogen-bond acceptors (Lipinski definition) is 5. The number of methoxy groups -OCH3 is 1. The summed E-state index contributed by atoms with van der Waals surface area (Å²) in [6.07, 6.45) is -0.896. The van der Waals surface area contributed by atoms with Crippen LogP contribution in [0.1, 0.15) is 51.8 Å². The first-order valence-corrected chi connectivity index (χ1v) is 10.9. The van der Waals surface area contributed by atoms with Crippen molar-refractivity contribution in [1.29, 1.82) is 0 Å². The van der Waals surface area contributed by atoms with Gasteiger partial charge in [-0.1, -0.05) is 50.2 Å². The van der Waals surface area contributed by atoms with Gasteiger partial charge in [-0.15, -0.1) is 0 Å². The monoisotopic (exact) mass is 442 g/mol. The van der Waals surface area contributed by atoms with Gasteiger partial charge in [0.2, 0.25) is 5.91 Å². The molecule has 0 aliphatic carbocycles. The van der Waals surface area contributed by atoms with Crippen molar-refractivity contribution < 1.29 is 23.8 Å². The summed E-state index contributed by atoms with van der Waals surface area (Å²) in [5, 5.41) is 5.77. The SMILES string of the molecule is CCOc1ccc(C(NC(=O)[C@@H](NC(=O)OC(C)C)C(C)C)c2ccccc2)cc1OC. The van der Waals surface area contributed by atoms with Gasteiger partial charge in [0.1, 0.15) is 6.04 Å². The number of nitrogens with one attached hydrogen (secondary N) is 2. The molecule has 0 aliphatic rings. The van der Waals surface area contributed by atoms with Crippen molar-refractivity contribution in [3.63, 3.8) is 0 Å². The quantitative estimate of drug-likeness (QED) is 0.567. The van der Waals surface area contributed by atoms with Crippen molar-refractivity contribution in [3.8, 4) is 11.5 Å². The average Bonchev–Trinajstić information content (AvgIpc) is 2.76. The molecule has 0 saturated heterocycles. The molecule has 0 spiro atoms. The Hall–Kier alpha value is -3.22. The maximum absolute atomic E-state index is 13.2. The molecule has 174 valence electrons. The molecule has 0 radical (unpaired) electrons. The molecule has 2 rings (SSSR count).